The molecule has 3 rings (SSSR count). The Morgan fingerprint density at radius 1 is 1.16 bits per heavy atom. The van der Waals surface area contributed by atoms with Crippen LogP contribution in [-0.4, -0.2) is 27.3 Å². The van der Waals surface area contributed by atoms with Crippen molar-refractivity contribution in [3.63, 3.8) is 0 Å². The molecule has 1 aromatic heterocycles. The molecule has 0 aliphatic carbocycles. The van der Waals surface area contributed by atoms with Crippen molar-refractivity contribution in [2.45, 2.75) is 24.3 Å². The highest BCUT2D eigenvalue weighted by Crippen LogP contribution is 2.37. The van der Waals surface area contributed by atoms with Crippen molar-refractivity contribution in [3.8, 4) is 11.4 Å². The maximum absolute atomic E-state index is 14.0. The van der Waals surface area contributed by atoms with Gasteiger partial charge in [-0.3, -0.25) is 0 Å². The van der Waals surface area contributed by atoms with Gasteiger partial charge in [-0.15, -0.1) is 5.10 Å². The molecule has 0 saturated carbocycles. The number of tetrazole rings is 1. The quantitative estimate of drug-likeness (QED) is 0.639. The first-order valence-corrected chi connectivity index (χ1v) is 8.43. The monoisotopic (exact) mass is 362 g/mol. The number of hydrogen-bond acceptors (Lipinski definition) is 5. The normalized spacial score (nSPS) is 12.2. The zero-order chi connectivity index (χ0) is 18.0. The molecule has 0 saturated heterocycles. The van der Waals surface area contributed by atoms with Gasteiger partial charge in [0.15, 0.2) is 0 Å². The van der Waals surface area contributed by atoms with Crippen LogP contribution >= 0.6 is 11.8 Å². The molecule has 0 N–H and O–H groups in total. The van der Waals surface area contributed by atoms with Crippen LogP contribution in [0, 0.1) is 18.6 Å². The number of nitrogens with zero attached hydrogens (tertiary/aromatic N) is 4. The van der Waals surface area contributed by atoms with E-state index in [1.807, 2.05) is 25.1 Å². The summed E-state index contributed by atoms with van der Waals surface area (Å²) in [5.41, 5.74) is 1.67. The maximum Gasteiger partial charge on any atom is 0.214 e. The van der Waals surface area contributed by atoms with Crippen molar-refractivity contribution in [2.24, 2.45) is 0 Å². The van der Waals surface area contributed by atoms with Crippen LogP contribution in [0.3, 0.4) is 0 Å². The summed E-state index contributed by atoms with van der Waals surface area (Å²) in [6.45, 7) is 3.65. The maximum atomic E-state index is 14.0. The van der Waals surface area contributed by atoms with Gasteiger partial charge in [-0.05, 0) is 54.1 Å². The number of ether oxygens (including phenoxy) is 1. The van der Waals surface area contributed by atoms with Gasteiger partial charge in [-0.1, -0.05) is 23.9 Å². The first-order valence-electron chi connectivity index (χ1n) is 7.55. The van der Waals surface area contributed by atoms with Crippen LogP contribution in [0.5, 0.6) is 5.75 Å². The molecule has 1 atom stereocenters. The minimum atomic E-state index is -0.591. The zero-order valence-corrected chi connectivity index (χ0v) is 14.7. The Labute approximate surface area is 148 Å². The molecule has 130 valence electrons. The Balaban J connectivity index is 1.97. The summed E-state index contributed by atoms with van der Waals surface area (Å²) in [6.07, 6.45) is 0. The molecule has 0 spiro atoms. The Morgan fingerprint density at radius 2 is 1.88 bits per heavy atom. The smallest absolute Gasteiger partial charge is 0.214 e. The number of aryl methyl sites for hydroxylation is 1. The van der Waals surface area contributed by atoms with E-state index in [1.165, 1.54) is 34.6 Å². The van der Waals surface area contributed by atoms with Crippen LogP contribution in [0.25, 0.3) is 5.69 Å². The van der Waals surface area contributed by atoms with E-state index in [0.717, 1.165) is 5.56 Å². The lowest BCUT2D eigenvalue weighted by molar-refractivity contribution is 0.410. The minimum absolute atomic E-state index is 0.00161. The van der Waals surface area contributed by atoms with Crippen molar-refractivity contribution in [2.75, 3.05) is 7.11 Å². The molecule has 2 aromatic carbocycles. The summed E-state index contributed by atoms with van der Waals surface area (Å²) in [6, 6.07) is 9.43. The van der Waals surface area contributed by atoms with Gasteiger partial charge in [0, 0.05) is 10.8 Å². The second-order valence-electron chi connectivity index (χ2n) is 5.44. The molecule has 0 amide bonds. The Bertz CT molecular complexity index is 880. The standard InChI is InChI=1S/C17H16F2N4OS/c1-10-7-8-15(24-3)14(9-10)23-17(20-21-22-23)25-11(2)16-12(18)5-4-6-13(16)19/h4-9,11H,1-3H3. The molecule has 0 bridgehead atoms. The topological polar surface area (TPSA) is 52.8 Å². The lowest BCUT2D eigenvalue weighted by atomic mass is 10.1. The van der Waals surface area contributed by atoms with Gasteiger partial charge in [-0.25, -0.2) is 8.78 Å². The number of methoxy groups -OCH3 is 1. The van der Waals surface area contributed by atoms with Crippen LogP contribution < -0.4 is 4.74 Å². The molecule has 5 nitrogen and oxygen atoms in total. The molecular weight excluding hydrogens is 346 g/mol. The lowest BCUT2D eigenvalue weighted by Gasteiger charge is -2.14. The Kier molecular flexibility index (Phi) is 4.98. The third kappa shape index (κ3) is 3.48. The molecule has 1 unspecified atom stereocenters. The highest BCUT2D eigenvalue weighted by atomic mass is 32.2. The molecule has 0 radical (unpaired) electrons. The summed E-state index contributed by atoms with van der Waals surface area (Å²) in [7, 11) is 1.56. The van der Waals surface area contributed by atoms with E-state index in [-0.39, 0.29) is 5.56 Å². The van der Waals surface area contributed by atoms with Crippen LogP contribution in [0.4, 0.5) is 8.78 Å². The van der Waals surface area contributed by atoms with Gasteiger partial charge >= 0.3 is 0 Å². The van der Waals surface area contributed by atoms with E-state index < -0.39 is 16.9 Å². The second kappa shape index (κ2) is 7.18. The Hall–Kier alpha value is -2.48. The molecule has 3 aromatic rings. The molecule has 25 heavy (non-hydrogen) atoms. The fraction of sp³-hybridized carbons (Fsp3) is 0.235. The number of halogens is 2. The van der Waals surface area contributed by atoms with Gasteiger partial charge in [-0.2, -0.15) is 4.68 Å². The molecule has 0 aliphatic heterocycles. The van der Waals surface area contributed by atoms with Crippen molar-refractivity contribution >= 4 is 11.8 Å². The van der Waals surface area contributed by atoms with E-state index >= 15 is 0 Å². The van der Waals surface area contributed by atoms with Crippen molar-refractivity contribution in [1.29, 1.82) is 0 Å². The van der Waals surface area contributed by atoms with Gasteiger partial charge in [0.2, 0.25) is 5.16 Å². The van der Waals surface area contributed by atoms with Gasteiger partial charge in [0.25, 0.3) is 0 Å². The Morgan fingerprint density at radius 3 is 2.56 bits per heavy atom. The first-order chi connectivity index (χ1) is 12.0. The van der Waals surface area contributed by atoms with E-state index in [2.05, 4.69) is 15.5 Å². The predicted octanol–water partition coefficient (Wildman–Crippen LogP) is 4.11. The summed E-state index contributed by atoms with van der Waals surface area (Å²) in [5.74, 6) is -0.580. The van der Waals surface area contributed by atoms with Gasteiger partial charge < -0.3 is 4.74 Å². The number of hydrogen-bond donors (Lipinski definition) is 0. The second-order valence-corrected chi connectivity index (χ2v) is 6.75. The molecule has 0 aliphatic rings. The zero-order valence-electron chi connectivity index (χ0n) is 13.9. The minimum Gasteiger partial charge on any atom is -0.494 e. The first kappa shape index (κ1) is 17.3. The van der Waals surface area contributed by atoms with Gasteiger partial charge in [0.05, 0.1) is 7.11 Å². The number of thioether (sulfide) groups is 1. The van der Waals surface area contributed by atoms with E-state index in [0.29, 0.717) is 16.6 Å². The number of rotatable bonds is 5. The molecule has 8 heteroatoms. The number of aromatic nitrogens is 4. The SMILES string of the molecule is COc1ccc(C)cc1-n1nnnc1SC(C)c1c(F)cccc1F. The van der Waals surface area contributed by atoms with Crippen LogP contribution in [0.2, 0.25) is 0 Å². The molecular formula is C17H16F2N4OS. The summed E-state index contributed by atoms with van der Waals surface area (Å²) in [4.78, 5) is 0. The largest absolute Gasteiger partial charge is 0.494 e. The fourth-order valence-electron chi connectivity index (χ4n) is 2.49. The average molecular weight is 362 g/mol. The van der Waals surface area contributed by atoms with Crippen molar-refractivity contribution in [1.82, 2.24) is 20.2 Å². The summed E-state index contributed by atoms with van der Waals surface area (Å²) < 4.78 is 34.9. The van der Waals surface area contributed by atoms with Crippen molar-refractivity contribution in [3.05, 3.63) is 59.2 Å². The molecule has 0 fully saturated rings. The van der Waals surface area contributed by atoms with Crippen LogP contribution in [-0.2, 0) is 0 Å². The third-order valence-electron chi connectivity index (χ3n) is 3.69. The van der Waals surface area contributed by atoms with E-state index in [9.17, 15) is 8.78 Å². The van der Waals surface area contributed by atoms with E-state index in [1.54, 1.807) is 14.0 Å². The molecule has 1 heterocycles. The lowest BCUT2D eigenvalue weighted by Crippen LogP contribution is -2.04. The van der Waals surface area contributed by atoms with E-state index in [4.69, 9.17) is 4.74 Å². The highest BCUT2D eigenvalue weighted by molar-refractivity contribution is 7.99. The predicted molar refractivity (Wildman–Crippen MR) is 91.1 cm³/mol. The average Bonchev–Trinajstić information content (AvgIpc) is 3.02. The van der Waals surface area contributed by atoms with Crippen molar-refractivity contribution < 1.29 is 13.5 Å². The van der Waals surface area contributed by atoms with Crippen LogP contribution in [0.15, 0.2) is 41.6 Å². The third-order valence-corrected chi connectivity index (χ3v) is 4.75. The van der Waals surface area contributed by atoms with Gasteiger partial charge in [0.1, 0.15) is 23.1 Å². The summed E-state index contributed by atoms with van der Waals surface area (Å²) >= 11 is 1.17. The van der Waals surface area contributed by atoms with Crippen LogP contribution in [0.1, 0.15) is 23.3 Å². The summed E-state index contributed by atoms with van der Waals surface area (Å²) in [5, 5.41) is 11.6. The number of benzene rings is 2. The highest BCUT2D eigenvalue weighted by Gasteiger charge is 2.21. The fourth-order valence-corrected chi connectivity index (χ4v) is 3.46.